The van der Waals surface area contributed by atoms with Gasteiger partial charge in [-0.15, -0.1) is 0 Å². The van der Waals surface area contributed by atoms with Crippen LogP contribution >= 0.6 is 0 Å². The van der Waals surface area contributed by atoms with Gasteiger partial charge in [0.15, 0.2) is 0 Å². The van der Waals surface area contributed by atoms with Crippen LogP contribution in [-0.4, -0.2) is 86.1 Å². The Bertz CT molecular complexity index is 294. The number of piperazine rings is 1. The van der Waals surface area contributed by atoms with E-state index in [0.717, 1.165) is 45.8 Å². The van der Waals surface area contributed by atoms with E-state index in [2.05, 4.69) is 29.1 Å². The van der Waals surface area contributed by atoms with E-state index in [-0.39, 0.29) is 0 Å². The molecule has 2 saturated heterocycles. The highest BCUT2D eigenvalue weighted by Crippen LogP contribution is 2.11. The second-order valence-corrected chi connectivity index (χ2v) is 6.19. The number of nitrogens with one attached hydrogen (secondary N) is 1. The molecule has 0 atom stereocenters. The summed E-state index contributed by atoms with van der Waals surface area (Å²) in [6.07, 6.45) is 3.55. The van der Waals surface area contributed by atoms with E-state index in [1.165, 1.54) is 19.3 Å². The van der Waals surface area contributed by atoms with Gasteiger partial charge in [-0.3, -0.25) is 9.69 Å². The van der Waals surface area contributed by atoms with Crippen LogP contribution in [0.2, 0.25) is 0 Å². The molecular weight excluding hydrogens is 252 g/mol. The number of amides is 1. The lowest BCUT2D eigenvalue weighted by molar-refractivity contribution is -0.134. The van der Waals surface area contributed by atoms with Gasteiger partial charge in [0.2, 0.25) is 5.91 Å². The third-order valence-corrected chi connectivity index (χ3v) is 4.49. The van der Waals surface area contributed by atoms with Crippen LogP contribution in [0.5, 0.6) is 0 Å². The van der Waals surface area contributed by atoms with Gasteiger partial charge in [0, 0.05) is 45.3 Å². The van der Waals surface area contributed by atoms with Crippen LogP contribution in [0.25, 0.3) is 0 Å². The molecule has 1 amide bonds. The van der Waals surface area contributed by atoms with E-state index in [4.69, 9.17) is 0 Å². The summed E-state index contributed by atoms with van der Waals surface area (Å²) >= 11 is 0. The first-order chi connectivity index (χ1) is 9.69. The van der Waals surface area contributed by atoms with Crippen molar-refractivity contribution < 1.29 is 4.79 Å². The van der Waals surface area contributed by atoms with E-state index in [9.17, 15) is 4.79 Å². The summed E-state index contributed by atoms with van der Waals surface area (Å²) in [4.78, 5) is 18.9. The minimum absolute atomic E-state index is 0.318. The largest absolute Gasteiger partial charge is 0.339 e. The Hall–Kier alpha value is -0.650. The number of hydrogen-bond donors (Lipinski definition) is 1. The van der Waals surface area contributed by atoms with Crippen LogP contribution in [0.1, 0.15) is 26.2 Å². The maximum Gasteiger partial charge on any atom is 0.236 e. The summed E-state index contributed by atoms with van der Waals surface area (Å²) in [7, 11) is 2.12. The predicted molar refractivity (Wildman–Crippen MR) is 81.8 cm³/mol. The zero-order valence-corrected chi connectivity index (χ0v) is 13.1. The number of rotatable bonds is 5. The standard InChI is InChI=1S/C15H30N4O/c1-3-6-16-14-4-7-18(8-5-14)13-15(20)19-11-9-17(2)10-12-19/h14,16H,3-13H2,1-2H3. The van der Waals surface area contributed by atoms with E-state index in [1.807, 2.05) is 4.90 Å². The molecule has 2 fully saturated rings. The van der Waals surface area contributed by atoms with Crippen LogP contribution in [0.4, 0.5) is 0 Å². The number of carbonyl (C=O) groups is 1. The Morgan fingerprint density at radius 2 is 1.75 bits per heavy atom. The molecule has 2 heterocycles. The first-order valence-electron chi connectivity index (χ1n) is 8.11. The summed E-state index contributed by atoms with van der Waals surface area (Å²) in [5.41, 5.74) is 0. The van der Waals surface area contributed by atoms with Crippen molar-refractivity contribution in [3.05, 3.63) is 0 Å². The summed E-state index contributed by atoms with van der Waals surface area (Å²) < 4.78 is 0. The third-order valence-electron chi connectivity index (χ3n) is 4.49. The molecule has 116 valence electrons. The Morgan fingerprint density at radius 3 is 2.35 bits per heavy atom. The molecule has 0 saturated carbocycles. The molecule has 0 spiro atoms. The molecule has 1 N–H and O–H groups in total. The number of likely N-dealkylation sites (N-methyl/N-ethyl adjacent to an activating group) is 1. The molecule has 2 aliphatic rings. The summed E-state index contributed by atoms with van der Waals surface area (Å²) in [5.74, 6) is 0.318. The maximum atomic E-state index is 12.3. The molecule has 0 aromatic rings. The summed E-state index contributed by atoms with van der Waals surface area (Å²) in [5, 5.41) is 3.59. The van der Waals surface area contributed by atoms with E-state index < -0.39 is 0 Å². The molecule has 0 bridgehead atoms. The van der Waals surface area contributed by atoms with Gasteiger partial charge in [-0.05, 0) is 32.9 Å². The van der Waals surface area contributed by atoms with E-state index in [0.29, 0.717) is 18.5 Å². The lowest BCUT2D eigenvalue weighted by Crippen LogP contribution is -2.51. The maximum absolute atomic E-state index is 12.3. The molecule has 20 heavy (non-hydrogen) atoms. The van der Waals surface area contributed by atoms with Gasteiger partial charge in [0.1, 0.15) is 0 Å². The SMILES string of the molecule is CCCNC1CCN(CC(=O)N2CCN(C)CC2)CC1. The van der Waals surface area contributed by atoms with Crippen LogP contribution < -0.4 is 5.32 Å². The molecule has 0 aliphatic carbocycles. The number of carbonyl (C=O) groups excluding carboxylic acids is 1. The van der Waals surface area contributed by atoms with Crippen molar-refractivity contribution in [1.82, 2.24) is 20.0 Å². The minimum atomic E-state index is 0.318. The van der Waals surface area contributed by atoms with Crippen LogP contribution in [-0.2, 0) is 4.79 Å². The van der Waals surface area contributed by atoms with Gasteiger partial charge in [0.05, 0.1) is 6.54 Å². The van der Waals surface area contributed by atoms with E-state index in [1.54, 1.807) is 0 Å². The highest BCUT2D eigenvalue weighted by Gasteiger charge is 2.24. The van der Waals surface area contributed by atoms with Crippen LogP contribution in [0, 0.1) is 0 Å². The summed E-state index contributed by atoms with van der Waals surface area (Å²) in [6, 6.07) is 0.657. The first-order valence-corrected chi connectivity index (χ1v) is 8.11. The van der Waals surface area contributed by atoms with Crippen molar-refractivity contribution in [2.24, 2.45) is 0 Å². The van der Waals surface area contributed by atoms with E-state index >= 15 is 0 Å². The monoisotopic (exact) mass is 282 g/mol. The average Bonchev–Trinajstić information content (AvgIpc) is 2.47. The Kier molecular flexibility index (Phi) is 6.26. The highest BCUT2D eigenvalue weighted by molar-refractivity contribution is 5.78. The smallest absolute Gasteiger partial charge is 0.236 e. The van der Waals surface area contributed by atoms with Crippen LogP contribution in [0.15, 0.2) is 0 Å². The van der Waals surface area contributed by atoms with Crippen molar-refractivity contribution in [3.8, 4) is 0 Å². The fourth-order valence-corrected chi connectivity index (χ4v) is 2.99. The van der Waals surface area contributed by atoms with Crippen molar-refractivity contribution in [1.29, 1.82) is 0 Å². The number of hydrogen-bond acceptors (Lipinski definition) is 4. The van der Waals surface area contributed by atoms with Crippen LogP contribution in [0.3, 0.4) is 0 Å². The molecule has 5 nitrogen and oxygen atoms in total. The van der Waals surface area contributed by atoms with Gasteiger partial charge in [-0.1, -0.05) is 6.92 Å². The first kappa shape index (κ1) is 15.7. The normalized spacial score (nSPS) is 23.2. The Balaban J connectivity index is 1.66. The average molecular weight is 282 g/mol. The van der Waals surface area contributed by atoms with Crippen molar-refractivity contribution >= 4 is 5.91 Å². The fraction of sp³-hybridized carbons (Fsp3) is 0.933. The number of nitrogens with zero attached hydrogens (tertiary/aromatic N) is 3. The molecule has 2 aliphatic heterocycles. The predicted octanol–water partition coefficient (Wildman–Crippen LogP) is 0.224. The van der Waals surface area contributed by atoms with Gasteiger partial charge in [0.25, 0.3) is 0 Å². The van der Waals surface area contributed by atoms with Gasteiger partial charge < -0.3 is 15.1 Å². The molecule has 2 rings (SSSR count). The molecule has 0 aromatic carbocycles. The lowest BCUT2D eigenvalue weighted by Gasteiger charge is -2.36. The molecule has 0 radical (unpaired) electrons. The lowest BCUT2D eigenvalue weighted by atomic mass is 10.0. The van der Waals surface area contributed by atoms with Gasteiger partial charge in [-0.25, -0.2) is 0 Å². The molecule has 5 heteroatoms. The fourth-order valence-electron chi connectivity index (χ4n) is 2.99. The minimum Gasteiger partial charge on any atom is -0.339 e. The second-order valence-electron chi connectivity index (χ2n) is 6.19. The zero-order valence-electron chi connectivity index (χ0n) is 13.1. The van der Waals surface area contributed by atoms with Gasteiger partial charge in [-0.2, -0.15) is 0 Å². The highest BCUT2D eigenvalue weighted by atomic mass is 16.2. The summed E-state index contributed by atoms with van der Waals surface area (Å²) in [6.45, 7) is 9.85. The van der Waals surface area contributed by atoms with Gasteiger partial charge >= 0.3 is 0 Å². The second kappa shape index (κ2) is 7.96. The molecule has 0 aromatic heterocycles. The molecular formula is C15H30N4O. The van der Waals surface area contributed by atoms with Crippen molar-refractivity contribution in [2.45, 2.75) is 32.2 Å². The number of piperidine rings is 1. The quantitative estimate of drug-likeness (QED) is 0.783. The Morgan fingerprint density at radius 1 is 1.10 bits per heavy atom. The molecule has 0 unspecified atom stereocenters. The topological polar surface area (TPSA) is 38.8 Å². The van der Waals surface area contributed by atoms with Crippen molar-refractivity contribution in [3.63, 3.8) is 0 Å². The zero-order chi connectivity index (χ0) is 14.4. The Labute approximate surface area is 123 Å². The van der Waals surface area contributed by atoms with Crippen molar-refractivity contribution in [2.75, 3.05) is 59.4 Å². The number of likely N-dealkylation sites (tertiary alicyclic amines) is 1. The third kappa shape index (κ3) is 4.72.